The molecule has 1 atom stereocenters. The van der Waals surface area contributed by atoms with Crippen molar-refractivity contribution in [3.05, 3.63) is 0 Å². The molecule has 0 spiro atoms. The average molecular weight is 247 g/mol. The van der Waals surface area contributed by atoms with Crippen LogP contribution in [0.3, 0.4) is 0 Å². The van der Waals surface area contributed by atoms with Gasteiger partial charge in [0, 0.05) is 29.4 Å². The van der Waals surface area contributed by atoms with Gasteiger partial charge in [0.05, 0.1) is 5.60 Å². The molecule has 0 bridgehead atoms. The third-order valence-corrected chi connectivity index (χ3v) is 4.14. The summed E-state index contributed by atoms with van der Waals surface area (Å²) in [5.74, 6) is 0.755. The van der Waals surface area contributed by atoms with Crippen molar-refractivity contribution in [1.29, 1.82) is 0 Å². The van der Waals surface area contributed by atoms with Gasteiger partial charge in [-0.15, -0.1) is 0 Å². The molecule has 96 valence electrons. The molecule has 1 unspecified atom stereocenters. The van der Waals surface area contributed by atoms with Gasteiger partial charge >= 0.3 is 0 Å². The van der Waals surface area contributed by atoms with Crippen molar-refractivity contribution in [2.45, 2.75) is 50.5 Å². The van der Waals surface area contributed by atoms with Crippen LogP contribution in [-0.4, -0.2) is 40.0 Å². The lowest BCUT2D eigenvalue weighted by molar-refractivity contribution is 0.0255. The molecule has 1 fully saturated rings. The Morgan fingerprint density at radius 2 is 1.88 bits per heavy atom. The van der Waals surface area contributed by atoms with Gasteiger partial charge in [-0.2, -0.15) is 0 Å². The summed E-state index contributed by atoms with van der Waals surface area (Å²) < 4.78 is 10.9. The van der Waals surface area contributed by atoms with E-state index in [9.17, 15) is 9.32 Å². The Morgan fingerprint density at radius 1 is 1.25 bits per heavy atom. The highest BCUT2D eigenvalue weighted by molar-refractivity contribution is 7.84. The lowest BCUT2D eigenvalue weighted by atomic mass is 9.94. The van der Waals surface area contributed by atoms with Crippen LogP contribution in [-0.2, 0) is 10.8 Å². The first kappa shape index (κ1) is 14.1. The van der Waals surface area contributed by atoms with Gasteiger partial charge in [0.15, 0.2) is 0 Å². The molecule has 1 aliphatic rings. The Hall–Kier alpha value is 0.0700. The van der Waals surface area contributed by atoms with Gasteiger partial charge in [0.2, 0.25) is 0 Å². The molecule has 0 saturated heterocycles. The average Bonchev–Trinajstić information content (AvgIpc) is 2.43. The number of aliphatic hydroxyl groups is 1. The Balaban J connectivity index is 2.12. The number of hydrogen-bond acceptors (Lipinski definition) is 3. The minimum atomic E-state index is -0.689. The van der Waals surface area contributed by atoms with Crippen LogP contribution in [0.1, 0.15) is 44.9 Å². The molecule has 0 aromatic carbocycles. The molecule has 0 radical (unpaired) electrons. The van der Waals surface area contributed by atoms with Crippen molar-refractivity contribution < 1.29 is 9.32 Å². The van der Waals surface area contributed by atoms with Crippen molar-refractivity contribution >= 4 is 10.8 Å². The first-order chi connectivity index (χ1) is 7.62. The van der Waals surface area contributed by atoms with E-state index in [1.54, 1.807) is 6.26 Å². The van der Waals surface area contributed by atoms with E-state index in [1.165, 1.54) is 12.8 Å². The lowest BCUT2D eigenvalue weighted by Crippen LogP contribution is -2.40. The number of hydrogen-bond donors (Lipinski definition) is 2. The van der Waals surface area contributed by atoms with E-state index in [4.69, 9.17) is 0 Å². The highest BCUT2D eigenvalue weighted by Crippen LogP contribution is 2.26. The molecule has 4 heteroatoms. The van der Waals surface area contributed by atoms with Crippen LogP contribution in [0.25, 0.3) is 0 Å². The topological polar surface area (TPSA) is 49.3 Å². The zero-order valence-electron chi connectivity index (χ0n) is 10.3. The summed E-state index contributed by atoms with van der Waals surface area (Å²) in [4.78, 5) is 0. The zero-order chi connectivity index (χ0) is 11.9. The second-order valence-electron chi connectivity index (χ2n) is 4.95. The third-order valence-electron chi connectivity index (χ3n) is 3.27. The standard InChI is InChI=1S/C12H25NO2S/c1-16(15)10-6-9-13-11-12(14)7-4-2-3-5-8-12/h13-14H,2-11H2,1H3. The van der Waals surface area contributed by atoms with Gasteiger partial charge in [-0.05, 0) is 25.8 Å². The lowest BCUT2D eigenvalue weighted by Gasteiger charge is -2.26. The minimum absolute atomic E-state index is 0.484. The molecule has 0 aliphatic heterocycles. The first-order valence-corrected chi connectivity index (χ1v) is 8.08. The molecule has 0 amide bonds. The second kappa shape index (κ2) is 7.41. The normalized spacial score (nSPS) is 22.6. The molecule has 1 rings (SSSR count). The van der Waals surface area contributed by atoms with Gasteiger partial charge in [-0.25, -0.2) is 0 Å². The van der Waals surface area contributed by atoms with Gasteiger partial charge < -0.3 is 10.4 Å². The maximum atomic E-state index is 10.9. The Labute approximate surface area is 101 Å². The van der Waals surface area contributed by atoms with E-state index < -0.39 is 16.4 Å². The predicted molar refractivity (Wildman–Crippen MR) is 69.1 cm³/mol. The van der Waals surface area contributed by atoms with Crippen LogP contribution in [0, 0.1) is 0 Å². The van der Waals surface area contributed by atoms with Crippen molar-refractivity contribution in [2.75, 3.05) is 25.1 Å². The highest BCUT2D eigenvalue weighted by atomic mass is 32.2. The molecule has 1 aliphatic carbocycles. The Morgan fingerprint density at radius 3 is 2.44 bits per heavy atom. The van der Waals surface area contributed by atoms with E-state index in [1.807, 2.05) is 0 Å². The molecule has 0 aromatic heterocycles. The van der Waals surface area contributed by atoms with Crippen LogP contribution in [0.4, 0.5) is 0 Å². The summed E-state index contributed by atoms with van der Waals surface area (Å²) >= 11 is 0. The largest absolute Gasteiger partial charge is 0.389 e. The highest BCUT2D eigenvalue weighted by Gasteiger charge is 2.26. The van der Waals surface area contributed by atoms with Crippen molar-refractivity contribution in [3.8, 4) is 0 Å². The fourth-order valence-corrected chi connectivity index (χ4v) is 2.84. The molecule has 3 nitrogen and oxygen atoms in total. The number of rotatable bonds is 6. The fraction of sp³-hybridized carbons (Fsp3) is 1.00. The zero-order valence-corrected chi connectivity index (χ0v) is 11.2. The van der Waals surface area contributed by atoms with Crippen LogP contribution in [0.5, 0.6) is 0 Å². The second-order valence-corrected chi connectivity index (χ2v) is 6.50. The molecular formula is C12H25NO2S. The summed E-state index contributed by atoms with van der Waals surface area (Å²) in [6.07, 6.45) is 9.35. The van der Waals surface area contributed by atoms with E-state index in [0.29, 0.717) is 6.54 Å². The monoisotopic (exact) mass is 247 g/mol. The molecular weight excluding hydrogens is 222 g/mol. The molecule has 16 heavy (non-hydrogen) atoms. The quantitative estimate of drug-likeness (QED) is 0.551. The predicted octanol–water partition coefficient (Wildman–Crippen LogP) is 1.43. The van der Waals surface area contributed by atoms with Gasteiger partial charge in [0.25, 0.3) is 0 Å². The van der Waals surface area contributed by atoms with Gasteiger partial charge in [0.1, 0.15) is 0 Å². The summed E-state index contributed by atoms with van der Waals surface area (Å²) in [6.45, 7) is 1.56. The summed E-state index contributed by atoms with van der Waals surface area (Å²) in [7, 11) is -0.689. The minimum Gasteiger partial charge on any atom is -0.389 e. The maximum Gasteiger partial charge on any atom is 0.0771 e. The van der Waals surface area contributed by atoms with Gasteiger partial charge in [-0.1, -0.05) is 25.7 Å². The van der Waals surface area contributed by atoms with Crippen molar-refractivity contribution in [1.82, 2.24) is 5.32 Å². The van der Waals surface area contributed by atoms with Crippen LogP contribution in [0.2, 0.25) is 0 Å². The fourth-order valence-electron chi connectivity index (χ4n) is 2.28. The summed E-state index contributed by atoms with van der Waals surface area (Å²) in [5, 5.41) is 13.6. The molecule has 1 saturated carbocycles. The van der Waals surface area contributed by atoms with Crippen LogP contribution >= 0.6 is 0 Å². The van der Waals surface area contributed by atoms with E-state index in [0.717, 1.165) is 44.4 Å². The van der Waals surface area contributed by atoms with E-state index in [-0.39, 0.29) is 0 Å². The Kier molecular flexibility index (Phi) is 6.54. The van der Waals surface area contributed by atoms with Gasteiger partial charge in [-0.3, -0.25) is 4.21 Å². The maximum absolute atomic E-state index is 10.9. The van der Waals surface area contributed by atoms with Crippen molar-refractivity contribution in [2.24, 2.45) is 0 Å². The molecule has 0 aromatic rings. The van der Waals surface area contributed by atoms with Crippen LogP contribution in [0.15, 0.2) is 0 Å². The molecule has 2 N–H and O–H groups in total. The third kappa shape index (κ3) is 5.97. The molecule has 0 heterocycles. The number of nitrogens with one attached hydrogen (secondary N) is 1. The van der Waals surface area contributed by atoms with E-state index in [2.05, 4.69) is 5.32 Å². The van der Waals surface area contributed by atoms with Crippen LogP contribution < -0.4 is 5.32 Å². The van der Waals surface area contributed by atoms with E-state index >= 15 is 0 Å². The summed E-state index contributed by atoms with van der Waals surface area (Å²) in [6, 6.07) is 0. The Bertz CT molecular complexity index is 213. The SMILES string of the molecule is CS(=O)CCCNCC1(O)CCCCCC1. The summed E-state index contributed by atoms with van der Waals surface area (Å²) in [5.41, 5.74) is -0.484. The smallest absolute Gasteiger partial charge is 0.0771 e. The van der Waals surface area contributed by atoms with Crippen molar-refractivity contribution in [3.63, 3.8) is 0 Å². The first-order valence-electron chi connectivity index (χ1n) is 6.35.